The topological polar surface area (TPSA) is 117 Å². The van der Waals surface area contributed by atoms with Gasteiger partial charge in [0.2, 0.25) is 17.7 Å². The van der Waals surface area contributed by atoms with Crippen molar-refractivity contribution in [1.82, 2.24) is 4.90 Å². The van der Waals surface area contributed by atoms with Crippen LogP contribution in [-0.2, 0) is 19.1 Å². The Morgan fingerprint density at radius 1 is 1.08 bits per heavy atom. The summed E-state index contributed by atoms with van der Waals surface area (Å²) < 4.78 is 12.1. The average Bonchev–Trinajstić information content (AvgIpc) is 3.44. The van der Waals surface area contributed by atoms with Crippen LogP contribution in [0, 0.1) is 25.7 Å². The first-order valence-electron chi connectivity index (χ1n) is 13.2. The van der Waals surface area contributed by atoms with Gasteiger partial charge in [-0.15, -0.1) is 0 Å². The van der Waals surface area contributed by atoms with Crippen LogP contribution in [0.2, 0.25) is 0 Å². The summed E-state index contributed by atoms with van der Waals surface area (Å²) in [7, 11) is 0. The molecule has 2 aromatic rings. The van der Waals surface area contributed by atoms with Gasteiger partial charge in [-0.05, 0) is 75.9 Å². The molecule has 0 radical (unpaired) electrons. The van der Waals surface area contributed by atoms with E-state index in [9.17, 15) is 19.5 Å². The largest absolute Gasteiger partial charge is 0.494 e. The van der Waals surface area contributed by atoms with Crippen molar-refractivity contribution < 1.29 is 29.0 Å². The van der Waals surface area contributed by atoms with Gasteiger partial charge in [0.25, 0.3) is 0 Å². The first-order valence-corrected chi connectivity index (χ1v) is 13.2. The van der Waals surface area contributed by atoms with E-state index in [0.29, 0.717) is 36.6 Å². The van der Waals surface area contributed by atoms with Gasteiger partial charge in [-0.1, -0.05) is 18.2 Å². The number of carbonyl (C=O) groups is 3. The summed E-state index contributed by atoms with van der Waals surface area (Å²) in [4.78, 5) is 42.8. The molecule has 5 rings (SSSR count). The molecule has 0 saturated carbocycles. The zero-order valence-electron chi connectivity index (χ0n) is 22.2. The number of β-amino-alcohol motifs (C(OH)–C–C–N with tert-alkyl or cyclic N) is 1. The minimum Gasteiger partial charge on any atom is -0.494 e. The highest BCUT2D eigenvalue weighted by Gasteiger charge is 2.77. The Hall–Kier alpha value is -3.43. The summed E-state index contributed by atoms with van der Waals surface area (Å²) in [5.74, 6) is -1.95. The van der Waals surface area contributed by atoms with Crippen molar-refractivity contribution in [1.29, 1.82) is 0 Å². The first-order chi connectivity index (χ1) is 18.1. The normalized spacial score (nSPS) is 29.3. The van der Waals surface area contributed by atoms with Gasteiger partial charge in [0.1, 0.15) is 17.4 Å². The average molecular weight is 522 g/mol. The van der Waals surface area contributed by atoms with Crippen LogP contribution in [-0.4, -0.2) is 64.7 Å². The number of nitrogens with one attached hydrogen (secondary N) is 2. The molecule has 0 aromatic heterocycles. The van der Waals surface area contributed by atoms with Crippen molar-refractivity contribution >= 4 is 29.1 Å². The Kier molecular flexibility index (Phi) is 6.69. The van der Waals surface area contributed by atoms with Gasteiger partial charge in [0, 0.05) is 17.9 Å². The van der Waals surface area contributed by atoms with E-state index < -0.39 is 29.1 Å². The highest BCUT2D eigenvalue weighted by molar-refractivity contribution is 6.05. The van der Waals surface area contributed by atoms with Gasteiger partial charge < -0.3 is 30.1 Å². The Labute approximate surface area is 222 Å². The smallest absolute Gasteiger partial charge is 0.250 e. The maximum absolute atomic E-state index is 13.9. The molecule has 2 bridgehead atoms. The lowest BCUT2D eigenvalue weighted by Gasteiger charge is -2.33. The third-order valence-electron chi connectivity index (χ3n) is 8.31. The molecule has 3 aliphatic heterocycles. The number of ether oxygens (including phenoxy) is 2. The number of nitrogens with zero attached hydrogens (tertiary/aromatic N) is 1. The lowest BCUT2D eigenvalue weighted by Crippen LogP contribution is -2.53. The zero-order chi connectivity index (χ0) is 27.2. The van der Waals surface area contributed by atoms with Crippen LogP contribution in [0.3, 0.4) is 0 Å². The summed E-state index contributed by atoms with van der Waals surface area (Å²) in [6, 6.07) is 11.8. The number of hydrogen-bond acceptors (Lipinski definition) is 6. The monoisotopic (exact) mass is 521 g/mol. The number of anilines is 2. The molecule has 3 N–H and O–H groups in total. The second-order valence-corrected chi connectivity index (χ2v) is 10.7. The van der Waals surface area contributed by atoms with Gasteiger partial charge in [0.05, 0.1) is 30.7 Å². The molecule has 2 unspecified atom stereocenters. The number of likely N-dealkylation sites (tertiary alicyclic amines) is 1. The lowest BCUT2D eigenvalue weighted by molar-refractivity contribution is -0.143. The second kappa shape index (κ2) is 9.71. The minimum absolute atomic E-state index is 0.0186. The van der Waals surface area contributed by atoms with E-state index in [1.807, 2.05) is 45.9 Å². The van der Waals surface area contributed by atoms with Crippen LogP contribution >= 0.6 is 0 Å². The fourth-order valence-electron chi connectivity index (χ4n) is 6.70. The van der Waals surface area contributed by atoms with Crippen LogP contribution in [0.15, 0.2) is 42.5 Å². The molecule has 9 nitrogen and oxygen atoms in total. The standard InChI is InChI=1S/C29H35N3O6/c1-5-37-20-11-9-19(10-12-20)30-25(34)21-22-27(36)32(15-16-33)24(29(22)14-13-28(21,4)38-29)26(35)31-23-17(2)7-6-8-18(23)3/h6-12,21-22,24,33H,5,13-16H2,1-4H3,(H,30,34)(H,31,35)/t21-,22-,24?,28+,29?/m0/s1. The molecular formula is C29H35N3O6. The Morgan fingerprint density at radius 2 is 1.76 bits per heavy atom. The molecular weight excluding hydrogens is 486 g/mol. The number of fused-ring (bicyclic) bond motifs is 1. The molecule has 202 valence electrons. The number of aliphatic hydroxyl groups is 1. The SMILES string of the molecule is CCOc1ccc(NC(=O)[C@@H]2[C@H]3C(=O)N(CCO)C(C(=O)Nc4c(C)cccc4C)C34CC[C@@]2(C)O4)cc1. The van der Waals surface area contributed by atoms with Crippen molar-refractivity contribution in [2.45, 2.75) is 57.8 Å². The summed E-state index contributed by atoms with van der Waals surface area (Å²) in [5.41, 5.74) is 1.04. The van der Waals surface area contributed by atoms with Gasteiger partial charge in [0.15, 0.2) is 0 Å². The van der Waals surface area contributed by atoms with Crippen LogP contribution < -0.4 is 15.4 Å². The highest BCUT2D eigenvalue weighted by Crippen LogP contribution is 2.63. The van der Waals surface area contributed by atoms with Crippen molar-refractivity contribution in [3.8, 4) is 5.75 Å². The molecule has 3 fully saturated rings. The molecule has 3 heterocycles. The molecule has 38 heavy (non-hydrogen) atoms. The number of aliphatic hydroxyl groups excluding tert-OH is 1. The molecule has 2 aromatic carbocycles. The zero-order valence-corrected chi connectivity index (χ0v) is 22.2. The molecule has 1 spiro atoms. The minimum atomic E-state index is -1.15. The first kappa shape index (κ1) is 26.2. The number of carbonyl (C=O) groups excluding carboxylic acids is 3. The third kappa shape index (κ3) is 4.05. The molecule has 5 atom stereocenters. The third-order valence-corrected chi connectivity index (χ3v) is 8.31. The highest BCUT2D eigenvalue weighted by atomic mass is 16.5. The predicted octanol–water partition coefficient (Wildman–Crippen LogP) is 3.04. The van der Waals surface area contributed by atoms with Gasteiger partial charge in [-0.2, -0.15) is 0 Å². The number of aryl methyl sites for hydroxylation is 2. The maximum Gasteiger partial charge on any atom is 0.250 e. The predicted molar refractivity (Wildman–Crippen MR) is 142 cm³/mol. The quantitative estimate of drug-likeness (QED) is 0.492. The summed E-state index contributed by atoms with van der Waals surface area (Å²) >= 11 is 0. The number of para-hydroxylation sites is 1. The fourth-order valence-corrected chi connectivity index (χ4v) is 6.70. The molecule has 9 heteroatoms. The summed E-state index contributed by atoms with van der Waals surface area (Å²) in [6.45, 7) is 7.79. The summed E-state index contributed by atoms with van der Waals surface area (Å²) in [5, 5.41) is 15.7. The van der Waals surface area contributed by atoms with Crippen molar-refractivity contribution in [2.24, 2.45) is 11.8 Å². The van der Waals surface area contributed by atoms with Gasteiger partial charge in [-0.25, -0.2) is 0 Å². The Bertz CT molecular complexity index is 1240. The molecule has 3 amide bonds. The molecule has 3 saturated heterocycles. The van der Waals surface area contributed by atoms with E-state index in [1.54, 1.807) is 24.3 Å². The van der Waals surface area contributed by atoms with E-state index in [-0.39, 0.29) is 30.9 Å². The number of amides is 3. The van der Waals surface area contributed by atoms with Crippen LogP contribution in [0.1, 0.15) is 37.8 Å². The van der Waals surface area contributed by atoms with E-state index in [0.717, 1.165) is 11.1 Å². The van der Waals surface area contributed by atoms with Crippen molar-refractivity contribution in [3.63, 3.8) is 0 Å². The van der Waals surface area contributed by atoms with Crippen LogP contribution in [0.5, 0.6) is 5.75 Å². The van der Waals surface area contributed by atoms with E-state index >= 15 is 0 Å². The Balaban J connectivity index is 1.46. The number of benzene rings is 2. The lowest BCUT2D eigenvalue weighted by atomic mass is 9.66. The van der Waals surface area contributed by atoms with E-state index in [1.165, 1.54) is 4.90 Å². The number of rotatable bonds is 8. The van der Waals surface area contributed by atoms with Gasteiger partial charge in [-0.3, -0.25) is 14.4 Å². The fraction of sp³-hybridized carbons (Fsp3) is 0.483. The van der Waals surface area contributed by atoms with Gasteiger partial charge >= 0.3 is 0 Å². The van der Waals surface area contributed by atoms with E-state index in [2.05, 4.69) is 10.6 Å². The van der Waals surface area contributed by atoms with Crippen molar-refractivity contribution in [3.05, 3.63) is 53.6 Å². The van der Waals surface area contributed by atoms with Crippen molar-refractivity contribution in [2.75, 3.05) is 30.4 Å². The summed E-state index contributed by atoms with van der Waals surface area (Å²) in [6.07, 6.45) is 1.01. The van der Waals surface area contributed by atoms with Crippen LogP contribution in [0.4, 0.5) is 11.4 Å². The maximum atomic E-state index is 13.9. The molecule has 0 aliphatic carbocycles. The Morgan fingerprint density at radius 3 is 2.39 bits per heavy atom. The number of hydrogen-bond donors (Lipinski definition) is 3. The second-order valence-electron chi connectivity index (χ2n) is 10.7. The van der Waals surface area contributed by atoms with E-state index in [4.69, 9.17) is 9.47 Å². The van der Waals surface area contributed by atoms with Crippen LogP contribution in [0.25, 0.3) is 0 Å². The molecule has 3 aliphatic rings.